The van der Waals surface area contributed by atoms with Crippen molar-refractivity contribution in [3.05, 3.63) is 53.5 Å². The molecule has 0 amide bonds. The zero-order chi connectivity index (χ0) is 25.7. The van der Waals surface area contributed by atoms with Gasteiger partial charge in [-0.15, -0.1) is 11.8 Å². The van der Waals surface area contributed by atoms with Crippen molar-refractivity contribution in [2.75, 3.05) is 35.0 Å². The molecule has 4 heterocycles. The van der Waals surface area contributed by atoms with E-state index in [4.69, 9.17) is 9.97 Å². The molecule has 0 atom stereocenters. The summed E-state index contributed by atoms with van der Waals surface area (Å²) in [5.74, 6) is 2.38. The van der Waals surface area contributed by atoms with Crippen molar-refractivity contribution in [2.24, 2.45) is 0 Å². The first-order valence-electron chi connectivity index (χ1n) is 12.0. The zero-order valence-electron chi connectivity index (χ0n) is 20.6. The van der Waals surface area contributed by atoms with Crippen LogP contribution in [0.5, 0.6) is 0 Å². The van der Waals surface area contributed by atoms with Gasteiger partial charge in [0.15, 0.2) is 17.5 Å². The highest BCUT2D eigenvalue weighted by atomic mass is 32.2. The lowest BCUT2D eigenvalue weighted by Gasteiger charge is -2.25. The highest BCUT2D eigenvalue weighted by Crippen LogP contribution is 2.48. The maximum atomic E-state index is 15.1. The second kappa shape index (κ2) is 9.64. The third kappa shape index (κ3) is 4.68. The molecule has 1 saturated carbocycles. The molecule has 37 heavy (non-hydrogen) atoms. The van der Waals surface area contributed by atoms with E-state index < -0.39 is 11.6 Å². The lowest BCUT2D eigenvalue weighted by molar-refractivity contribution is 0.527. The van der Waals surface area contributed by atoms with Gasteiger partial charge in [0.1, 0.15) is 11.5 Å². The molecule has 1 aliphatic carbocycles. The Balaban J connectivity index is 1.49. The SMILES string of the molecule is CSc1cc(F)c(N(C)c2nc(Nc3cc(C)[nH]n3)c(C3CC3)c(-c3cnn(C4CSC4)c3)n2)c(F)c1. The number of nitrogens with one attached hydrogen (secondary N) is 2. The Morgan fingerprint density at radius 1 is 1.16 bits per heavy atom. The molecule has 1 aliphatic heterocycles. The summed E-state index contributed by atoms with van der Waals surface area (Å²) in [6, 6.07) is 4.90. The first-order chi connectivity index (χ1) is 17.9. The van der Waals surface area contributed by atoms with Crippen molar-refractivity contribution in [1.82, 2.24) is 29.9 Å². The molecule has 1 aromatic carbocycles. The molecule has 1 saturated heterocycles. The number of aryl methyl sites for hydroxylation is 1. The fourth-order valence-corrected chi connectivity index (χ4v) is 5.60. The van der Waals surface area contributed by atoms with Crippen molar-refractivity contribution in [2.45, 2.75) is 36.6 Å². The fraction of sp³-hybridized carbons (Fsp3) is 0.360. The van der Waals surface area contributed by atoms with Crippen molar-refractivity contribution in [3.63, 3.8) is 0 Å². The van der Waals surface area contributed by atoms with Crippen LogP contribution in [0.1, 0.15) is 36.1 Å². The molecule has 12 heteroatoms. The number of hydrogen-bond donors (Lipinski definition) is 2. The van der Waals surface area contributed by atoms with Crippen LogP contribution in [0.2, 0.25) is 0 Å². The fourth-order valence-electron chi connectivity index (χ4n) is 4.40. The summed E-state index contributed by atoms with van der Waals surface area (Å²) in [7, 11) is 1.58. The molecule has 2 fully saturated rings. The van der Waals surface area contributed by atoms with Crippen molar-refractivity contribution in [1.29, 1.82) is 0 Å². The van der Waals surface area contributed by atoms with Crippen LogP contribution >= 0.6 is 23.5 Å². The number of hydrogen-bond acceptors (Lipinski definition) is 8. The van der Waals surface area contributed by atoms with E-state index in [1.165, 1.54) is 28.8 Å². The average Bonchev–Trinajstić information content (AvgIpc) is 3.42. The van der Waals surface area contributed by atoms with Crippen molar-refractivity contribution >= 4 is 46.8 Å². The van der Waals surface area contributed by atoms with Gasteiger partial charge >= 0.3 is 0 Å². The van der Waals surface area contributed by atoms with Gasteiger partial charge in [0.25, 0.3) is 0 Å². The maximum absolute atomic E-state index is 15.1. The number of benzene rings is 1. The van der Waals surface area contributed by atoms with E-state index in [9.17, 15) is 0 Å². The number of aromatic amines is 1. The number of H-pyrrole nitrogens is 1. The number of aromatic nitrogens is 6. The Morgan fingerprint density at radius 2 is 1.92 bits per heavy atom. The van der Waals surface area contributed by atoms with Crippen LogP contribution in [-0.2, 0) is 0 Å². The molecule has 0 bridgehead atoms. The lowest BCUT2D eigenvalue weighted by Crippen LogP contribution is -2.22. The minimum atomic E-state index is -0.670. The zero-order valence-corrected chi connectivity index (χ0v) is 22.3. The standard InChI is InChI=1S/C25H26F2N8S2/c1-13-6-20(33-32-13)29-24-21(14-4-5-14)22(15-9-28-35(10-15)16-11-37-12-16)30-25(31-24)34(2)23-18(26)7-17(36-3)8-19(23)27/h6-10,14,16H,4-5,11-12H2,1-3H3,(H2,29,30,31,32,33). The average molecular weight is 541 g/mol. The molecular weight excluding hydrogens is 514 g/mol. The summed E-state index contributed by atoms with van der Waals surface area (Å²) in [4.78, 5) is 11.5. The highest BCUT2D eigenvalue weighted by Gasteiger charge is 2.34. The summed E-state index contributed by atoms with van der Waals surface area (Å²) >= 11 is 3.17. The third-order valence-electron chi connectivity index (χ3n) is 6.60. The van der Waals surface area contributed by atoms with E-state index in [1.807, 2.05) is 41.8 Å². The van der Waals surface area contributed by atoms with E-state index >= 15 is 8.78 Å². The minimum Gasteiger partial charge on any atom is -0.323 e. The van der Waals surface area contributed by atoms with Gasteiger partial charge < -0.3 is 10.2 Å². The Hall–Kier alpha value is -3.12. The van der Waals surface area contributed by atoms with Gasteiger partial charge in [0.05, 0.1) is 17.9 Å². The Bertz CT molecular complexity index is 1440. The minimum absolute atomic E-state index is 0.177. The predicted octanol–water partition coefficient (Wildman–Crippen LogP) is 6.05. The van der Waals surface area contributed by atoms with Crippen LogP contribution < -0.4 is 10.2 Å². The number of anilines is 4. The van der Waals surface area contributed by atoms with Crippen molar-refractivity contribution in [3.8, 4) is 11.3 Å². The highest BCUT2D eigenvalue weighted by molar-refractivity contribution is 8.00. The summed E-state index contributed by atoms with van der Waals surface area (Å²) in [6.07, 6.45) is 7.65. The van der Waals surface area contributed by atoms with Gasteiger partial charge in [0.2, 0.25) is 5.95 Å². The molecule has 0 spiro atoms. The summed E-state index contributed by atoms with van der Waals surface area (Å²) in [6.45, 7) is 1.92. The monoisotopic (exact) mass is 540 g/mol. The Morgan fingerprint density at radius 3 is 2.51 bits per heavy atom. The molecule has 0 unspecified atom stereocenters. The van der Waals surface area contributed by atoms with E-state index in [-0.39, 0.29) is 17.6 Å². The topological polar surface area (TPSA) is 87.5 Å². The van der Waals surface area contributed by atoms with Crippen LogP contribution in [0.15, 0.2) is 35.5 Å². The maximum Gasteiger partial charge on any atom is 0.232 e. The molecule has 3 aromatic heterocycles. The second-order valence-electron chi connectivity index (χ2n) is 9.37. The predicted molar refractivity (Wildman–Crippen MR) is 144 cm³/mol. The van der Waals surface area contributed by atoms with Crippen LogP contribution in [0.4, 0.5) is 32.1 Å². The third-order valence-corrected chi connectivity index (χ3v) is 8.55. The van der Waals surface area contributed by atoms with Crippen LogP contribution in [0.3, 0.4) is 0 Å². The molecule has 8 nitrogen and oxygen atoms in total. The van der Waals surface area contributed by atoms with E-state index in [0.717, 1.165) is 41.2 Å². The number of halogens is 2. The molecule has 2 aliphatic rings. The first kappa shape index (κ1) is 24.2. The lowest BCUT2D eigenvalue weighted by atomic mass is 10.1. The normalized spacial score (nSPS) is 15.6. The van der Waals surface area contributed by atoms with Crippen LogP contribution in [0, 0.1) is 18.6 Å². The van der Waals surface area contributed by atoms with Gasteiger partial charge in [-0.1, -0.05) is 0 Å². The summed E-state index contributed by atoms with van der Waals surface area (Å²) in [5.41, 5.74) is 3.25. The van der Waals surface area contributed by atoms with Gasteiger partial charge in [-0.2, -0.15) is 26.9 Å². The molecule has 192 valence electrons. The largest absolute Gasteiger partial charge is 0.323 e. The Kier molecular flexibility index (Phi) is 6.31. The van der Waals surface area contributed by atoms with Gasteiger partial charge in [-0.05, 0) is 44.1 Å². The Labute approximate surface area is 221 Å². The number of rotatable bonds is 8. The molecule has 6 rings (SSSR count). The summed E-state index contributed by atoms with van der Waals surface area (Å²) < 4.78 is 32.1. The van der Waals surface area contributed by atoms with Gasteiger partial charge in [-0.3, -0.25) is 9.78 Å². The molecule has 2 N–H and O–H groups in total. The number of nitrogens with zero attached hydrogens (tertiary/aromatic N) is 6. The van der Waals surface area contributed by atoms with E-state index in [0.29, 0.717) is 28.3 Å². The van der Waals surface area contributed by atoms with Crippen LogP contribution in [0.25, 0.3) is 11.3 Å². The van der Waals surface area contributed by atoms with Crippen molar-refractivity contribution < 1.29 is 8.78 Å². The van der Waals surface area contributed by atoms with E-state index in [2.05, 4.69) is 20.6 Å². The first-order valence-corrected chi connectivity index (χ1v) is 14.4. The molecular formula is C25H26F2N8S2. The second-order valence-corrected chi connectivity index (χ2v) is 11.3. The van der Waals surface area contributed by atoms with Gasteiger partial charge in [0, 0.05) is 52.5 Å². The van der Waals surface area contributed by atoms with Crippen LogP contribution in [-0.4, -0.2) is 54.8 Å². The van der Waals surface area contributed by atoms with Gasteiger partial charge in [-0.25, -0.2) is 13.8 Å². The summed E-state index contributed by atoms with van der Waals surface area (Å²) in [5, 5.41) is 15.2. The number of thioether (sulfide) groups is 2. The quantitative estimate of drug-likeness (QED) is 0.261. The molecule has 4 aromatic rings. The molecule has 0 radical (unpaired) electrons. The van der Waals surface area contributed by atoms with E-state index in [1.54, 1.807) is 13.3 Å². The smallest absolute Gasteiger partial charge is 0.232 e.